The van der Waals surface area contributed by atoms with E-state index in [1.54, 1.807) is 18.2 Å². The Hall–Kier alpha value is -2.69. The van der Waals surface area contributed by atoms with Crippen LogP contribution in [0, 0.1) is 6.92 Å². The maximum absolute atomic E-state index is 11.7. The van der Waals surface area contributed by atoms with Crippen molar-refractivity contribution in [3.05, 3.63) is 59.9 Å². The number of ether oxygens (including phenoxy) is 1. The third kappa shape index (κ3) is 3.65. The summed E-state index contributed by atoms with van der Waals surface area (Å²) in [6.45, 7) is 1.54. The van der Waals surface area contributed by atoms with Gasteiger partial charge in [0.05, 0.1) is 0 Å². The van der Waals surface area contributed by atoms with Gasteiger partial charge in [-0.05, 0) is 30.7 Å². The summed E-state index contributed by atoms with van der Waals surface area (Å²) in [7, 11) is 0. The van der Waals surface area contributed by atoms with E-state index in [-0.39, 0.29) is 18.2 Å². The van der Waals surface area contributed by atoms with E-state index < -0.39 is 5.97 Å². The van der Waals surface area contributed by atoms with E-state index in [2.05, 4.69) is 10.3 Å². The van der Waals surface area contributed by atoms with Gasteiger partial charge in [0, 0.05) is 11.9 Å². The third-order valence-electron chi connectivity index (χ3n) is 2.63. The average Bonchev–Trinajstić information content (AvgIpc) is 2.48. The molecule has 1 amide bonds. The van der Waals surface area contributed by atoms with Crippen molar-refractivity contribution < 1.29 is 14.3 Å². The summed E-state index contributed by atoms with van der Waals surface area (Å²) in [5, 5.41) is 2.68. The number of nitrogens with one attached hydrogen (secondary N) is 1. The normalized spacial score (nSPS) is 9.85. The van der Waals surface area contributed by atoms with Gasteiger partial charge in [0.2, 0.25) is 0 Å². The van der Waals surface area contributed by atoms with Gasteiger partial charge >= 0.3 is 5.97 Å². The molecule has 0 aliphatic rings. The maximum atomic E-state index is 11.7. The molecule has 0 spiro atoms. The number of carbonyl (C=O) groups is 2. The molecule has 0 saturated carbocycles. The summed E-state index contributed by atoms with van der Waals surface area (Å²) in [6.07, 6.45) is 1.49. The number of para-hydroxylation sites is 1. The highest BCUT2D eigenvalue weighted by molar-refractivity contribution is 5.95. The highest BCUT2D eigenvalue weighted by Crippen LogP contribution is 2.12. The lowest BCUT2D eigenvalue weighted by atomic mass is 10.2. The topological polar surface area (TPSA) is 68.3 Å². The van der Waals surface area contributed by atoms with E-state index in [1.807, 2.05) is 25.1 Å². The molecule has 0 fully saturated rings. The van der Waals surface area contributed by atoms with E-state index >= 15 is 0 Å². The Morgan fingerprint density at radius 1 is 1.15 bits per heavy atom. The van der Waals surface area contributed by atoms with E-state index in [1.165, 1.54) is 12.3 Å². The van der Waals surface area contributed by atoms with Crippen molar-refractivity contribution in [3.8, 4) is 0 Å². The van der Waals surface area contributed by atoms with Crippen LogP contribution in [-0.4, -0.2) is 23.5 Å². The van der Waals surface area contributed by atoms with E-state index in [9.17, 15) is 9.59 Å². The molecule has 1 aromatic heterocycles. The number of nitrogens with zero attached hydrogens (tertiary/aromatic N) is 1. The van der Waals surface area contributed by atoms with Crippen LogP contribution < -0.4 is 5.32 Å². The van der Waals surface area contributed by atoms with Crippen molar-refractivity contribution in [1.29, 1.82) is 0 Å². The largest absolute Gasteiger partial charge is 0.451 e. The molecule has 5 heteroatoms. The molecule has 0 bridgehead atoms. The predicted molar refractivity (Wildman–Crippen MR) is 74.3 cm³/mol. The number of esters is 1. The second-order valence-electron chi connectivity index (χ2n) is 4.15. The Kier molecular flexibility index (Phi) is 4.44. The number of amides is 1. The van der Waals surface area contributed by atoms with Crippen LogP contribution in [0.3, 0.4) is 0 Å². The molecule has 1 heterocycles. The second-order valence-corrected chi connectivity index (χ2v) is 4.15. The lowest BCUT2D eigenvalue weighted by Crippen LogP contribution is -2.21. The second kappa shape index (κ2) is 6.47. The number of hydrogen-bond acceptors (Lipinski definition) is 4. The molecule has 0 aliphatic heterocycles. The molecule has 1 N–H and O–H groups in total. The summed E-state index contributed by atoms with van der Waals surface area (Å²) < 4.78 is 4.89. The maximum Gasteiger partial charge on any atom is 0.357 e. The van der Waals surface area contributed by atoms with Crippen LogP contribution in [0.15, 0.2) is 48.7 Å². The number of rotatable bonds is 4. The summed E-state index contributed by atoms with van der Waals surface area (Å²) >= 11 is 0. The van der Waals surface area contributed by atoms with Gasteiger partial charge in [-0.3, -0.25) is 4.79 Å². The smallest absolute Gasteiger partial charge is 0.357 e. The highest BCUT2D eigenvalue weighted by Gasteiger charge is 2.11. The number of aryl methyl sites for hydroxylation is 1. The zero-order valence-electron chi connectivity index (χ0n) is 11.0. The molecule has 5 nitrogen and oxygen atoms in total. The number of anilines is 1. The zero-order chi connectivity index (χ0) is 14.4. The Balaban J connectivity index is 1.87. The van der Waals surface area contributed by atoms with Gasteiger partial charge < -0.3 is 10.1 Å². The van der Waals surface area contributed by atoms with Crippen molar-refractivity contribution in [1.82, 2.24) is 4.98 Å². The summed E-state index contributed by atoms with van der Waals surface area (Å²) in [5.41, 5.74) is 1.82. The molecule has 0 saturated heterocycles. The van der Waals surface area contributed by atoms with Crippen LogP contribution in [0.4, 0.5) is 5.69 Å². The van der Waals surface area contributed by atoms with Gasteiger partial charge in [-0.2, -0.15) is 0 Å². The van der Waals surface area contributed by atoms with E-state index in [4.69, 9.17) is 4.74 Å². The fourth-order valence-corrected chi connectivity index (χ4v) is 1.59. The van der Waals surface area contributed by atoms with Gasteiger partial charge in [-0.25, -0.2) is 9.78 Å². The minimum Gasteiger partial charge on any atom is -0.451 e. The van der Waals surface area contributed by atoms with E-state index in [0.717, 1.165) is 5.56 Å². The zero-order valence-corrected chi connectivity index (χ0v) is 11.0. The standard InChI is InChI=1S/C15H14N2O3/c1-11-6-2-3-7-12(11)17-14(18)10-20-15(19)13-8-4-5-9-16-13/h2-9H,10H2,1H3,(H,17,18). The minimum absolute atomic E-state index is 0.177. The number of pyridine rings is 1. The van der Waals surface area contributed by atoms with Gasteiger partial charge in [0.15, 0.2) is 6.61 Å². The van der Waals surface area contributed by atoms with Crippen LogP contribution in [0.5, 0.6) is 0 Å². The molecule has 2 aromatic rings. The van der Waals surface area contributed by atoms with Gasteiger partial charge in [0.1, 0.15) is 5.69 Å². The first-order valence-corrected chi connectivity index (χ1v) is 6.10. The first-order valence-electron chi connectivity index (χ1n) is 6.10. The summed E-state index contributed by atoms with van der Waals surface area (Å²) in [6, 6.07) is 12.3. The third-order valence-corrected chi connectivity index (χ3v) is 2.63. The molecule has 0 atom stereocenters. The Morgan fingerprint density at radius 2 is 1.90 bits per heavy atom. The van der Waals surface area contributed by atoms with Crippen molar-refractivity contribution in [2.75, 3.05) is 11.9 Å². The van der Waals surface area contributed by atoms with E-state index in [0.29, 0.717) is 5.69 Å². The molecule has 102 valence electrons. The SMILES string of the molecule is Cc1ccccc1NC(=O)COC(=O)c1ccccn1. The number of carbonyl (C=O) groups excluding carboxylic acids is 2. The minimum atomic E-state index is -0.620. The van der Waals surface area contributed by atoms with Crippen LogP contribution in [-0.2, 0) is 9.53 Å². The van der Waals surface area contributed by atoms with Gasteiger partial charge in [-0.15, -0.1) is 0 Å². The molecular weight excluding hydrogens is 256 g/mol. The van der Waals surface area contributed by atoms with Crippen molar-refractivity contribution in [2.45, 2.75) is 6.92 Å². The lowest BCUT2D eigenvalue weighted by molar-refractivity contribution is -0.119. The Labute approximate surface area is 116 Å². The highest BCUT2D eigenvalue weighted by atomic mass is 16.5. The molecular formula is C15H14N2O3. The number of hydrogen-bond donors (Lipinski definition) is 1. The van der Waals surface area contributed by atoms with Crippen molar-refractivity contribution in [2.24, 2.45) is 0 Å². The van der Waals surface area contributed by atoms with Gasteiger partial charge in [-0.1, -0.05) is 24.3 Å². The van der Waals surface area contributed by atoms with Crippen LogP contribution in [0.1, 0.15) is 16.1 Å². The molecule has 0 unspecified atom stereocenters. The lowest BCUT2D eigenvalue weighted by Gasteiger charge is -2.08. The van der Waals surface area contributed by atoms with Gasteiger partial charge in [0.25, 0.3) is 5.91 Å². The van der Waals surface area contributed by atoms with Crippen LogP contribution in [0.25, 0.3) is 0 Å². The summed E-state index contributed by atoms with van der Waals surface area (Å²) in [5.74, 6) is -1.01. The predicted octanol–water partition coefficient (Wildman–Crippen LogP) is 2.19. The summed E-state index contributed by atoms with van der Waals surface area (Å²) in [4.78, 5) is 27.1. The Morgan fingerprint density at radius 3 is 2.60 bits per heavy atom. The molecule has 2 rings (SSSR count). The molecule has 1 aromatic carbocycles. The molecule has 0 radical (unpaired) electrons. The van der Waals surface area contributed by atoms with Crippen LogP contribution >= 0.6 is 0 Å². The quantitative estimate of drug-likeness (QED) is 0.865. The van der Waals surface area contributed by atoms with Crippen molar-refractivity contribution >= 4 is 17.6 Å². The fourth-order valence-electron chi connectivity index (χ4n) is 1.59. The molecule has 0 aliphatic carbocycles. The first-order chi connectivity index (χ1) is 9.66. The number of aromatic nitrogens is 1. The molecule has 20 heavy (non-hydrogen) atoms. The first kappa shape index (κ1) is 13.7. The average molecular weight is 270 g/mol. The Bertz CT molecular complexity index is 612. The van der Waals surface area contributed by atoms with Crippen molar-refractivity contribution in [3.63, 3.8) is 0 Å². The monoisotopic (exact) mass is 270 g/mol. The fraction of sp³-hybridized carbons (Fsp3) is 0.133. The number of benzene rings is 1. The van der Waals surface area contributed by atoms with Crippen LogP contribution in [0.2, 0.25) is 0 Å².